The topological polar surface area (TPSA) is 90.3 Å². The van der Waals surface area contributed by atoms with Gasteiger partial charge in [0, 0.05) is 81.1 Å². The lowest BCUT2D eigenvalue weighted by Crippen LogP contribution is -2.52. The Morgan fingerprint density at radius 3 is 2.69 bits per heavy atom. The number of anilines is 1. The molecule has 35 heavy (non-hydrogen) atoms. The largest absolute Gasteiger partial charge is 0.369 e. The lowest BCUT2D eigenvalue weighted by molar-refractivity contribution is -0.136. The number of hydrogen-bond donors (Lipinski definition) is 1. The first-order valence-electron chi connectivity index (χ1n) is 11.8. The number of benzene rings is 1. The van der Waals surface area contributed by atoms with Crippen molar-refractivity contribution in [2.45, 2.75) is 32.0 Å². The normalized spacial score (nSPS) is 21.1. The van der Waals surface area contributed by atoms with Crippen molar-refractivity contribution in [3.63, 3.8) is 0 Å². The first kappa shape index (κ1) is 21.7. The van der Waals surface area contributed by atoms with Crippen molar-refractivity contribution in [3.8, 4) is 0 Å². The highest BCUT2D eigenvalue weighted by Gasteiger charge is 2.41. The van der Waals surface area contributed by atoms with E-state index >= 15 is 0 Å². The Bertz CT molecular complexity index is 1350. The van der Waals surface area contributed by atoms with Crippen LogP contribution < -0.4 is 10.2 Å². The molecule has 9 nitrogen and oxygen atoms in total. The number of amides is 3. The van der Waals surface area contributed by atoms with Gasteiger partial charge in [0.1, 0.15) is 17.5 Å². The Labute approximate surface area is 201 Å². The minimum atomic E-state index is -0.715. The summed E-state index contributed by atoms with van der Waals surface area (Å²) in [5, 5.41) is 2.31. The number of aromatic nitrogens is 2. The summed E-state index contributed by atoms with van der Waals surface area (Å²) in [5.41, 5.74) is 3.87. The number of hydrogen-bond acceptors (Lipinski definition) is 6. The molecule has 2 aromatic heterocycles. The van der Waals surface area contributed by atoms with Gasteiger partial charge in [-0.25, -0.2) is 9.37 Å². The fourth-order valence-corrected chi connectivity index (χ4v) is 5.35. The van der Waals surface area contributed by atoms with E-state index in [4.69, 9.17) is 0 Å². The fourth-order valence-electron chi connectivity index (χ4n) is 5.35. The first-order chi connectivity index (χ1) is 17.0. The average Bonchev–Trinajstić information content (AvgIpc) is 3.44. The number of carbonyl (C=O) groups excluding carboxylic acids is 3. The molecule has 5 heterocycles. The maximum absolute atomic E-state index is 14.6. The van der Waals surface area contributed by atoms with Crippen LogP contribution in [0.3, 0.4) is 0 Å². The molecule has 0 saturated carbocycles. The Kier molecular flexibility index (Phi) is 5.25. The number of fused-ring (bicyclic) bond motifs is 2. The molecule has 10 heteroatoms. The molecule has 3 aliphatic rings. The van der Waals surface area contributed by atoms with Crippen molar-refractivity contribution in [2.75, 3.05) is 31.1 Å². The molecule has 3 amide bonds. The van der Waals surface area contributed by atoms with Crippen LogP contribution in [-0.4, -0.2) is 69.1 Å². The van der Waals surface area contributed by atoms with Gasteiger partial charge in [-0.15, -0.1) is 0 Å². The smallest absolute Gasteiger partial charge is 0.255 e. The van der Waals surface area contributed by atoms with E-state index in [1.807, 2.05) is 16.8 Å². The molecule has 1 unspecified atom stereocenters. The average molecular weight is 477 g/mol. The van der Waals surface area contributed by atoms with Crippen LogP contribution in [0.2, 0.25) is 0 Å². The zero-order valence-electron chi connectivity index (χ0n) is 19.1. The van der Waals surface area contributed by atoms with Gasteiger partial charge in [0.15, 0.2) is 0 Å². The quantitative estimate of drug-likeness (QED) is 0.575. The third-order valence-electron chi connectivity index (χ3n) is 7.18. The summed E-state index contributed by atoms with van der Waals surface area (Å²) in [4.78, 5) is 47.3. The molecule has 0 radical (unpaired) electrons. The maximum Gasteiger partial charge on any atom is 0.255 e. The molecule has 2 fully saturated rings. The predicted octanol–water partition coefficient (Wildman–Crippen LogP) is 1.56. The second-order valence-electron chi connectivity index (χ2n) is 9.34. The van der Waals surface area contributed by atoms with Gasteiger partial charge in [-0.05, 0) is 36.2 Å². The summed E-state index contributed by atoms with van der Waals surface area (Å²) >= 11 is 0. The van der Waals surface area contributed by atoms with Gasteiger partial charge in [-0.2, -0.15) is 0 Å². The van der Waals surface area contributed by atoms with Crippen LogP contribution in [0.15, 0.2) is 42.9 Å². The van der Waals surface area contributed by atoms with Crippen molar-refractivity contribution >= 4 is 29.1 Å². The fraction of sp³-hybridized carbons (Fsp3) is 0.360. The van der Waals surface area contributed by atoms with Crippen LogP contribution in [-0.2, 0) is 22.7 Å². The van der Waals surface area contributed by atoms with E-state index in [9.17, 15) is 18.8 Å². The number of nitrogens with one attached hydrogen (secondary N) is 1. The van der Waals surface area contributed by atoms with Gasteiger partial charge in [0.05, 0.1) is 0 Å². The minimum Gasteiger partial charge on any atom is -0.369 e. The lowest BCUT2D eigenvalue weighted by Gasteiger charge is -2.37. The molecule has 0 bridgehead atoms. The number of imide groups is 1. The molecule has 1 atom stereocenters. The number of piperidine rings is 1. The van der Waals surface area contributed by atoms with Crippen LogP contribution in [0.5, 0.6) is 0 Å². The number of carbonyl (C=O) groups is 3. The van der Waals surface area contributed by atoms with E-state index in [1.54, 1.807) is 6.20 Å². The predicted molar refractivity (Wildman–Crippen MR) is 125 cm³/mol. The molecule has 6 rings (SSSR count). The lowest BCUT2D eigenvalue weighted by atomic mass is 10.0. The Morgan fingerprint density at radius 1 is 1.06 bits per heavy atom. The molecule has 0 spiro atoms. The summed E-state index contributed by atoms with van der Waals surface area (Å²) in [5.74, 6) is -1.62. The van der Waals surface area contributed by atoms with Crippen LogP contribution in [0.4, 0.5) is 10.1 Å². The zero-order valence-corrected chi connectivity index (χ0v) is 19.1. The summed E-state index contributed by atoms with van der Waals surface area (Å²) in [7, 11) is 0. The standard InChI is InChI=1S/C25H25FN6O3/c26-17-12-18-19(15-32(25(18)35)20-1-2-23(33)28-24(20)34)21(13-17)30-9-7-29(8-10-30)14-16-3-5-31-6-4-27-22(31)11-16/h3-6,11-13,20H,1-2,7-10,14-15H2,(H,28,33,34). The van der Waals surface area contributed by atoms with E-state index < -0.39 is 17.8 Å². The van der Waals surface area contributed by atoms with E-state index in [0.717, 1.165) is 30.8 Å². The first-order valence-corrected chi connectivity index (χ1v) is 11.8. The second-order valence-corrected chi connectivity index (χ2v) is 9.34. The van der Waals surface area contributed by atoms with Crippen molar-refractivity contribution in [1.82, 2.24) is 24.5 Å². The van der Waals surface area contributed by atoms with Crippen LogP contribution >= 0.6 is 0 Å². The van der Waals surface area contributed by atoms with Gasteiger partial charge < -0.3 is 14.2 Å². The van der Waals surface area contributed by atoms with Crippen molar-refractivity contribution < 1.29 is 18.8 Å². The number of piperazine rings is 1. The van der Waals surface area contributed by atoms with Gasteiger partial charge in [0.25, 0.3) is 5.91 Å². The van der Waals surface area contributed by atoms with Crippen molar-refractivity contribution in [2.24, 2.45) is 0 Å². The van der Waals surface area contributed by atoms with Gasteiger partial charge in [-0.1, -0.05) is 0 Å². The summed E-state index contributed by atoms with van der Waals surface area (Å²) in [6.45, 7) is 4.05. The molecular formula is C25H25FN6O3. The van der Waals surface area contributed by atoms with Crippen LogP contribution in [0, 0.1) is 5.82 Å². The SMILES string of the molecule is O=C1CCC(N2Cc3c(cc(F)cc3N3CCN(Cc4ccn5ccnc5c4)CC3)C2=O)C(=O)N1. The van der Waals surface area contributed by atoms with Crippen LogP contribution in [0.1, 0.15) is 34.3 Å². The Morgan fingerprint density at radius 2 is 1.89 bits per heavy atom. The molecule has 1 N–H and O–H groups in total. The minimum absolute atomic E-state index is 0.188. The summed E-state index contributed by atoms with van der Waals surface area (Å²) in [6, 6.07) is 6.21. The highest BCUT2D eigenvalue weighted by atomic mass is 19.1. The number of halogens is 1. The monoisotopic (exact) mass is 476 g/mol. The Balaban J connectivity index is 1.17. The molecule has 3 aromatic rings. The van der Waals surface area contributed by atoms with E-state index in [0.29, 0.717) is 24.3 Å². The second kappa shape index (κ2) is 8.46. The van der Waals surface area contributed by atoms with Gasteiger partial charge >= 0.3 is 0 Å². The van der Waals surface area contributed by atoms with E-state index in [1.165, 1.54) is 22.6 Å². The molecule has 1 aromatic carbocycles. The molecule has 0 aliphatic carbocycles. The van der Waals surface area contributed by atoms with Crippen molar-refractivity contribution in [1.29, 1.82) is 0 Å². The van der Waals surface area contributed by atoms with E-state index in [-0.39, 0.29) is 31.2 Å². The number of pyridine rings is 1. The molecular weight excluding hydrogens is 451 g/mol. The third kappa shape index (κ3) is 3.93. The number of nitrogens with zero attached hydrogens (tertiary/aromatic N) is 5. The Hall–Kier alpha value is -3.79. The third-order valence-corrected chi connectivity index (χ3v) is 7.18. The molecule has 2 saturated heterocycles. The zero-order chi connectivity index (χ0) is 24.1. The maximum atomic E-state index is 14.6. The summed E-state index contributed by atoms with van der Waals surface area (Å²) in [6.07, 6.45) is 6.18. The summed E-state index contributed by atoms with van der Waals surface area (Å²) < 4.78 is 16.6. The van der Waals surface area contributed by atoms with Crippen molar-refractivity contribution in [3.05, 3.63) is 65.4 Å². The van der Waals surface area contributed by atoms with Crippen LogP contribution in [0.25, 0.3) is 5.65 Å². The highest BCUT2D eigenvalue weighted by molar-refractivity contribution is 6.06. The van der Waals surface area contributed by atoms with Gasteiger partial charge in [-0.3, -0.25) is 24.6 Å². The van der Waals surface area contributed by atoms with E-state index in [2.05, 4.69) is 32.2 Å². The number of rotatable bonds is 4. The molecule has 180 valence electrons. The van der Waals surface area contributed by atoms with Gasteiger partial charge in [0.2, 0.25) is 11.8 Å². The highest BCUT2D eigenvalue weighted by Crippen LogP contribution is 2.35. The molecule has 3 aliphatic heterocycles. The number of imidazole rings is 1.